The Morgan fingerprint density at radius 2 is 2.12 bits per heavy atom. The second kappa shape index (κ2) is 3.15. The normalized spacial score (nSPS) is 22.2. The minimum atomic E-state index is 0.607. The lowest BCUT2D eigenvalue weighted by atomic mass is 9.95. The Labute approximate surface area is 98.6 Å². The summed E-state index contributed by atoms with van der Waals surface area (Å²) >= 11 is 0. The third-order valence-electron chi connectivity index (χ3n) is 4.00. The Hall–Kier alpha value is -1.72. The van der Waals surface area contributed by atoms with Crippen molar-refractivity contribution in [1.29, 1.82) is 0 Å². The molecule has 2 aliphatic rings. The van der Waals surface area contributed by atoms with E-state index < -0.39 is 0 Å². The minimum Gasteiger partial charge on any atom is -0.355 e. The monoisotopic (exact) mass is 230 g/mol. The van der Waals surface area contributed by atoms with Gasteiger partial charge < -0.3 is 4.90 Å². The zero-order chi connectivity index (χ0) is 11.3. The molecule has 0 bridgehead atoms. The van der Waals surface area contributed by atoms with E-state index in [0.717, 1.165) is 18.9 Å². The average Bonchev–Trinajstić information content (AvgIpc) is 2.94. The Morgan fingerprint density at radius 1 is 1.18 bits per heavy atom. The first-order valence-corrected chi connectivity index (χ1v) is 6.15. The molecule has 4 rings (SSSR count). The summed E-state index contributed by atoms with van der Waals surface area (Å²) in [6.45, 7) is 2.25. The summed E-state index contributed by atoms with van der Waals surface area (Å²) in [6.07, 6.45) is 5.43. The molecule has 88 valence electrons. The molecule has 1 aliphatic heterocycles. The van der Waals surface area contributed by atoms with Crippen LogP contribution in [0.5, 0.6) is 0 Å². The summed E-state index contributed by atoms with van der Waals surface area (Å²) in [5.41, 5.74) is 1.31. The summed E-state index contributed by atoms with van der Waals surface area (Å²) in [7, 11) is 0. The molecule has 1 spiro atoms. The molecule has 6 heteroatoms. The first-order chi connectivity index (χ1) is 8.35. The lowest BCUT2D eigenvalue weighted by molar-refractivity contribution is 0.392. The third-order valence-corrected chi connectivity index (χ3v) is 4.00. The SMILES string of the molecule is c1cc2nnnn2nc1N1CCCC2(CC2)C1. The molecular weight excluding hydrogens is 216 g/mol. The zero-order valence-corrected chi connectivity index (χ0v) is 9.58. The largest absolute Gasteiger partial charge is 0.355 e. The molecule has 2 fully saturated rings. The van der Waals surface area contributed by atoms with Gasteiger partial charge >= 0.3 is 0 Å². The predicted molar refractivity (Wildman–Crippen MR) is 61.7 cm³/mol. The van der Waals surface area contributed by atoms with Crippen LogP contribution in [0.4, 0.5) is 5.82 Å². The molecule has 2 aromatic rings. The van der Waals surface area contributed by atoms with Gasteiger partial charge in [-0.05, 0) is 53.7 Å². The van der Waals surface area contributed by atoms with E-state index in [1.807, 2.05) is 12.1 Å². The van der Waals surface area contributed by atoms with Crippen molar-refractivity contribution >= 4 is 11.5 Å². The van der Waals surface area contributed by atoms with E-state index in [1.54, 1.807) is 0 Å². The molecule has 6 nitrogen and oxygen atoms in total. The molecule has 1 aliphatic carbocycles. The minimum absolute atomic E-state index is 0.607. The van der Waals surface area contributed by atoms with Gasteiger partial charge in [0, 0.05) is 13.1 Å². The van der Waals surface area contributed by atoms with Crippen LogP contribution in [0.3, 0.4) is 0 Å². The maximum Gasteiger partial charge on any atom is 0.200 e. The molecular formula is C11H14N6. The van der Waals surface area contributed by atoms with E-state index in [0.29, 0.717) is 11.1 Å². The number of anilines is 1. The Balaban J connectivity index is 1.68. The molecule has 2 aromatic heterocycles. The molecule has 17 heavy (non-hydrogen) atoms. The fraction of sp³-hybridized carbons (Fsp3) is 0.636. The van der Waals surface area contributed by atoms with Crippen LogP contribution >= 0.6 is 0 Å². The lowest BCUT2D eigenvalue weighted by Gasteiger charge is -2.33. The molecule has 3 heterocycles. The highest BCUT2D eigenvalue weighted by atomic mass is 15.6. The topological polar surface area (TPSA) is 59.2 Å². The molecule has 0 unspecified atom stereocenters. The number of nitrogens with zero attached hydrogens (tertiary/aromatic N) is 6. The van der Waals surface area contributed by atoms with Crippen LogP contribution in [0.25, 0.3) is 5.65 Å². The van der Waals surface area contributed by atoms with E-state index in [4.69, 9.17) is 0 Å². The summed E-state index contributed by atoms with van der Waals surface area (Å²) in [4.78, 5) is 2.37. The van der Waals surface area contributed by atoms with Gasteiger partial charge in [0.05, 0.1) is 0 Å². The van der Waals surface area contributed by atoms with Gasteiger partial charge in [-0.25, -0.2) is 0 Å². The number of fused-ring (bicyclic) bond motifs is 1. The van der Waals surface area contributed by atoms with Crippen LogP contribution < -0.4 is 4.90 Å². The van der Waals surface area contributed by atoms with E-state index in [9.17, 15) is 0 Å². The van der Waals surface area contributed by atoms with Crippen molar-refractivity contribution in [3.8, 4) is 0 Å². The molecule has 1 saturated carbocycles. The Kier molecular flexibility index (Phi) is 1.73. The first kappa shape index (κ1) is 9.32. The van der Waals surface area contributed by atoms with Crippen molar-refractivity contribution in [3.05, 3.63) is 12.1 Å². The molecule has 0 radical (unpaired) electrons. The fourth-order valence-electron chi connectivity index (χ4n) is 2.80. The molecule has 0 aromatic carbocycles. The van der Waals surface area contributed by atoms with Crippen molar-refractivity contribution in [3.63, 3.8) is 0 Å². The van der Waals surface area contributed by atoms with Crippen LogP contribution in [-0.4, -0.2) is 38.3 Å². The van der Waals surface area contributed by atoms with Gasteiger partial charge in [-0.3, -0.25) is 0 Å². The molecule has 1 saturated heterocycles. The Morgan fingerprint density at radius 3 is 3.00 bits per heavy atom. The van der Waals surface area contributed by atoms with Crippen molar-refractivity contribution in [2.75, 3.05) is 18.0 Å². The number of hydrogen-bond donors (Lipinski definition) is 0. The van der Waals surface area contributed by atoms with E-state index in [-0.39, 0.29) is 0 Å². The average molecular weight is 230 g/mol. The smallest absolute Gasteiger partial charge is 0.200 e. The summed E-state index contributed by atoms with van der Waals surface area (Å²) in [5.74, 6) is 0.996. The van der Waals surface area contributed by atoms with Crippen molar-refractivity contribution in [2.24, 2.45) is 5.41 Å². The predicted octanol–water partition coefficient (Wildman–Crippen LogP) is 0.900. The maximum absolute atomic E-state index is 4.46. The van der Waals surface area contributed by atoms with Gasteiger partial charge in [-0.1, -0.05) is 0 Å². The van der Waals surface area contributed by atoms with Gasteiger partial charge in [0.15, 0.2) is 11.5 Å². The fourth-order valence-corrected chi connectivity index (χ4v) is 2.80. The Bertz CT molecular complexity index is 558. The highest BCUT2D eigenvalue weighted by Gasteiger charge is 2.45. The highest BCUT2D eigenvalue weighted by Crippen LogP contribution is 2.52. The van der Waals surface area contributed by atoms with Crippen LogP contribution in [0, 0.1) is 5.41 Å². The second-order valence-corrected chi connectivity index (χ2v) is 5.24. The number of aromatic nitrogens is 5. The molecule has 0 amide bonds. The standard InChI is InChI=1S/C11H14N6/c1-4-11(5-6-11)8-16(7-1)10-3-2-9-12-14-15-17(9)13-10/h2-3H,1,4-8H2. The number of hydrogen-bond acceptors (Lipinski definition) is 5. The van der Waals surface area contributed by atoms with Crippen molar-refractivity contribution in [1.82, 2.24) is 25.3 Å². The highest BCUT2D eigenvalue weighted by molar-refractivity contribution is 5.45. The third kappa shape index (κ3) is 1.47. The van der Waals surface area contributed by atoms with Gasteiger partial charge in [0.2, 0.25) is 0 Å². The van der Waals surface area contributed by atoms with Gasteiger partial charge in [0.25, 0.3) is 0 Å². The van der Waals surface area contributed by atoms with Gasteiger partial charge in [-0.15, -0.1) is 14.8 Å². The zero-order valence-electron chi connectivity index (χ0n) is 9.58. The van der Waals surface area contributed by atoms with Crippen LogP contribution in [-0.2, 0) is 0 Å². The summed E-state index contributed by atoms with van der Waals surface area (Å²) < 4.78 is 1.50. The van der Waals surface area contributed by atoms with Gasteiger partial charge in [-0.2, -0.15) is 0 Å². The van der Waals surface area contributed by atoms with E-state index >= 15 is 0 Å². The van der Waals surface area contributed by atoms with Crippen molar-refractivity contribution in [2.45, 2.75) is 25.7 Å². The quantitative estimate of drug-likeness (QED) is 0.728. The van der Waals surface area contributed by atoms with Crippen molar-refractivity contribution < 1.29 is 0 Å². The lowest BCUT2D eigenvalue weighted by Crippen LogP contribution is -2.37. The van der Waals surface area contributed by atoms with E-state index in [2.05, 4.69) is 25.5 Å². The van der Waals surface area contributed by atoms with Gasteiger partial charge in [0.1, 0.15) is 0 Å². The summed E-state index contributed by atoms with van der Waals surface area (Å²) in [6, 6.07) is 3.95. The maximum atomic E-state index is 4.46. The number of tetrazole rings is 1. The van der Waals surface area contributed by atoms with E-state index in [1.165, 1.54) is 30.3 Å². The van der Waals surface area contributed by atoms with Crippen LogP contribution in [0.2, 0.25) is 0 Å². The molecule has 0 atom stereocenters. The number of rotatable bonds is 1. The molecule has 0 N–H and O–H groups in total. The second-order valence-electron chi connectivity index (χ2n) is 5.24. The number of piperidine rings is 1. The van der Waals surface area contributed by atoms with Crippen LogP contribution in [0.1, 0.15) is 25.7 Å². The first-order valence-electron chi connectivity index (χ1n) is 6.15. The van der Waals surface area contributed by atoms with Crippen LogP contribution in [0.15, 0.2) is 12.1 Å². The summed E-state index contributed by atoms with van der Waals surface area (Å²) in [5, 5.41) is 15.8.